The summed E-state index contributed by atoms with van der Waals surface area (Å²) in [5.41, 5.74) is 0.587. The number of hydrogen-bond donors (Lipinski definition) is 0. The number of ether oxygens (including phenoxy) is 2. The van der Waals surface area contributed by atoms with Crippen LogP contribution in [0, 0.1) is 10.1 Å². The Morgan fingerprint density at radius 2 is 1.80 bits per heavy atom. The van der Waals surface area contributed by atoms with E-state index in [1.807, 2.05) is 0 Å². The van der Waals surface area contributed by atoms with Crippen molar-refractivity contribution < 1.29 is 27.6 Å². The molecule has 0 saturated heterocycles. The van der Waals surface area contributed by atoms with Gasteiger partial charge in [-0.05, 0) is 60.9 Å². The third-order valence-electron chi connectivity index (χ3n) is 6.85. The van der Waals surface area contributed by atoms with Crippen LogP contribution in [0.3, 0.4) is 0 Å². The first-order valence-electron chi connectivity index (χ1n) is 14.1. The van der Waals surface area contributed by atoms with Gasteiger partial charge in [0.2, 0.25) is 0 Å². The molecule has 0 amide bonds. The zero-order chi connectivity index (χ0) is 32.8. The molecule has 0 N–H and O–H groups in total. The molecular weight excluding hydrogens is 601 g/mol. The van der Waals surface area contributed by atoms with Gasteiger partial charge in [0.25, 0.3) is 11.2 Å². The summed E-state index contributed by atoms with van der Waals surface area (Å²) < 4.78 is 53.6. The lowest BCUT2D eigenvalue weighted by molar-refractivity contribution is -0.384. The molecule has 1 aromatic heterocycles. The molecule has 9 nitrogen and oxygen atoms in total. The lowest BCUT2D eigenvalue weighted by Crippen LogP contribution is -2.20. The number of nitrogens with zero attached hydrogens (tertiary/aromatic N) is 4. The quantitative estimate of drug-likeness (QED) is 0.0646. The Kier molecular flexibility index (Phi) is 9.26. The van der Waals surface area contributed by atoms with Crippen molar-refractivity contribution in [2.45, 2.75) is 26.1 Å². The van der Waals surface area contributed by atoms with Gasteiger partial charge in [-0.3, -0.25) is 14.9 Å². The predicted octanol–water partition coefficient (Wildman–Crippen LogP) is 7.58. The highest BCUT2D eigenvalue weighted by molar-refractivity contribution is 5.83. The molecule has 0 fully saturated rings. The van der Waals surface area contributed by atoms with Crippen LogP contribution in [-0.4, -0.2) is 27.4 Å². The first-order valence-corrected chi connectivity index (χ1v) is 14.1. The number of halogens is 3. The van der Waals surface area contributed by atoms with Crippen LogP contribution in [0.5, 0.6) is 11.5 Å². The Bertz CT molecular complexity index is 2020. The standard InChI is InChI=1S/C34H27F3N4O5/c1-3-9-24-16-23(18-30(45-4-2)31(24)46-21-22-10-7-13-27(17-22)41(43)44)20-38-40-32(25-11-8-12-26(19-25)34(35,36)37)39-29-15-6-5-14-28(29)33(40)42/h3,5-8,10-20H,1,4,9,21H2,2H3. The van der Waals surface area contributed by atoms with E-state index >= 15 is 0 Å². The lowest BCUT2D eigenvalue weighted by Gasteiger charge is -2.17. The second-order valence-electron chi connectivity index (χ2n) is 10.0. The third-order valence-corrected chi connectivity index (χ3v) is 6.85. The van der Waals surface area contributed by atoms with E-state index in [0.29, 0.717) is 40.1 Å². The van der Waals surface area contributed by atoms with Crippen molar-refractivity contribution in [2.75, 3.05) is 6.61 Å². The molecule has 0 bridgehead atoms. The Balaban J connectivity index is 1.58. The minimum absolute atomic E-state index is 0.0256. The molecule has 4 aromatic carbocycles. The highest BCUT2D eigenvalue weighted by Gasteiger charge is 2.31. The molecule has 0 aliphatic heterocycles. The Labute approximate surface area is 261 Å². The number of alkyl halides is 3. The Hall–Kier alpha value is -5.78. The number of hydrogen-bond acceptors (Lipinski definition) is 7. The van der Waals surface area contributed by atoms with Gasteiger partial charge in [-0.15, -0.1) is 6.58 Å². The average Bonchev–Trinajstić information content (AvgIpc) is 3.04. The molecule has 1 heterocycles. The summed E-state index contributed by atoms with van der Waals surface area (Å²) in [4.78, 5) is 28.8. The van der Waals surface area contributed by atoms with Crippen LogP contribution < -0.4 is 15.0 Å². The highest BCUT2D eigenvalue weighted by Crippen LogP contribution is 2.35. The number of fused-ring (bicyclic) bond motifs is 1. The van der Waals surface area contributed by atoms with Gasteiger partial charge in [0.1, 0.15) is 6.61 Å². The van der Waals surface area contributed by atoms with Gasteiger partial charge in [0, 0.05) is 23.3 Å². The monoisotopic (exact) mass is 628 g/mol. The summed E-state index contributed by atoms with van der Waals surface area (Å²) in [5.74, 6) is 0.690. The summed E-state index contributed by atoms with van der Waals surface area (Å²) in [6.45, 7) is 5.92. The summed E-state index contributed by atoms with van der Waals surface area (Å²) in [6, 6.07) is 20.5. The summed E-state index contributed by atoms with van der Waals surface area (Å²) >= 11 is 0. The number of para-hydroxylation sites is 1. The largest absolute Gasteiger partial charge is 0.490 e. The number of nitro benzene ring substituents is 1. The van der Waals surface area contributed by atoms with Crippen molar-refractivity contribution in [2.24, 2.45) is 5.10 Å². The molecule has 0 aliphatic carbocycles. The molecule has 0 spiro atoms. The second-order valence-corrected chi connectivity index (χ2v) is 10.0. The molecule has 234 valence electrons. The predicted molar refractivity (Wildman–Crippen MR) is 168 cm³/mol. The zero-order valence-electron chi connectivity index (χ0n) is 24.5. The molecule has 0 radical (unpaired) electrons. The van der Waals surface area contributed by atoms with Crippen LogP contribution in [0.2, 0.25) is 0 Å². The molecule has 5 rings (SSSR count). The second kappa shape index (κ2) is 13.5. The van der Waals surface area contributed by atoms with Crippen molar-refractivity contribution in [1.29, 1.82) is 0 Å². The van der Waals surface area contributed by atoms with Crippen molar-refractivity contribution in [3.8, 4) is 22.9 Å². The minimum atomic E-state index is -4.60. The molecule has 0 atom stereocenters. The number of aromatic nitrogens is 2. The summed E-state index contributed by atoms with van der Waals surface area (Å²) in [6.07, 6.45) is -1.19. The SMILES string of the molecule is C=CCc1cc(C=Nn2c(-c3cccc(C(F)(F)F)c3)nc3ccccc3c2=O)cc(OCC)c1OCc1cccc([N+](=O)[O-])c1. The fourth-order valence-corrected chi connectivity index (χ4v) is 4.78. The van der Waals surface area contributed by atoms with Crippen molar-refractivity contribution in [3.63, 3.8) is 0 Å². The number of rotatable bonds is 11. The van der Waals surface area contributed by atoms with Gasteiger partial charge in [-0.2, -0.15) is 22.9 Å². The number of benzene rings is 4. The molecule has 5 aromatic rings. The van der Waals surface area contributed by atoms with E-state index in [4.69, 9.17) is 9.47 Å². The molecule has 12 heteroatoms. The van der Waals surface area contributed by atoms with Gasteiger partial charge >= 0.3 is 6.18 Å². The van der Waals surface area contributed by atoms with Crippen LogP contribution >= 0.6 is 0 Å². The fourth-order valence-electron chi connectivity index (χ4n) is 4.78. The molecule has 46 heavy (non-hydrogen) atoms. The van der Waals surface area contributed by atoms with Crippen molar-refractivity contribution in [3.05, 3.63) is 140 Å². The highest BCUT2D eigenvalue weighted by atomic mass is 19.4. The normalized spacial score (nSPS) is 11.6. The molecule has 0 unspecified atom stereocenters. The van der Waals surface area contributed by atoms with Gasteiger partial charge < -0.3 is 9.47 Å². The van der Waals surface area contributed by atoms with Gasteiger partial charge in [-0.1, -0.05) is 42.5 Å². The van der Waals surface area contributed by atoms with Crippen LogP contribution in [0.4, 0.5) is 18.9 Å². The molecule has 0 aliphatic rings. The van der Waals surface area contributed by atoms with E-state index in [1.165, 1.54) is 30.5 Å². The Morgan fingerprint density at radius 1 is 1.02 bits per heavy atom. The zero-order valence-corrected chi connectivity index (χ0v) is 24.5. The molecular formula is C34H27F3N4O5. The maximum absolute atomic E-state index is 13.6. The smallest absolute Gasteiger partial charge is 0.416 e. The first kappa shape index (κ1) is 31.6. The van der Waals surface area contributed by atoms with Crippen LogP contribution in [-0.2, 0) is 19.2 Å². The number of allylic oxidation sites excluding steroid dienone is 1. The van der Waals surface area contributed by atoms with Gasteiger partial charge in [-0.25, -0.2) is 4.98 Å². The van der Waals surface area contributed by atoms with E-state index in [0.717, 1.165) is 16.8 Å². The number of non-ortho nitro benzene ring substituents is 1. The van der Waals surface area contributed by atoms with Crippen LogP contribution in [0.1, 0.15) is 29.2 Å². The summed E-state index contributed by atoms with van der Waals surface area (Å²) in [7, 11) is 0. The van der Waals surface area contributed by atoms with E-state index < -0.39 is 22.2 Å². The molecule has 0 saturated carbocycles. The maximum Gasteiger partial charge on any atom is 0.416 e. The minimum Gasteiger partial charge on any atom is -0.490 e. The van der Waals surface area contributed by atoms with E-state index in [9.17, 15) is 28.1 Å². The van der Waals surface area contributed by atoms with Crippen molar-refractivity contribution in [1.82, 2.24) is 9.66 Å². The first-order chi connectivity index (χ1) is 22.1. The van der Waals surface area contributed by atoms with E-state index in [-0.39, 0.29) is 35.7 Å². The van der Waals surface area contributed by atoms with Crippen molar-refractivity contribution >= 4 is 22.8 Å². The third kappa shape index (κ3) is 6.96. The fraction of sp³-hybridized carbons (Fsp3) is 0.147. The maximum atomic E-state index is 13.6. The number of nitro groups is 1. The topological polar surface area (TPSA) is 109 Å². The lowest BCUT2D eigenvalue weighted by atomic mass is 10.1. The summed E-state index contributed by atoms with van der Waals surface area (Å²) in [5, 5.41) is 15.8. The average molecular weight is 629 g/mol. The van der Waals surface area contributed by atoms with Gasteiger partial charge in [0.15, 0.2) is 17.3 Å². The Morgan fingerprint density at radius 3 is 2.54 bits per heavy atom. The van der Waals surface area contributed by atoms with E-state index in [1.54, 1.807) is 61.5 Å². The van der Waals surface area contributed by atoms with Crippen LogP contribution in [0.15, 0.2) is 107 Å². The van der Waals surface area contributed by atoms with Gasteiger partial charge in [0.05, 0.1) is 34.2 Å². The van der Waals surface area contributed by atoms with E-state index in [2.05, 4.69) is 16.7 Å². The van der Waals surface area contributed by atoms with Crippen LogP contribution in [0.25, 0.3) is 22.3 Å².